The second-order valence-corrected chi connectivity index (χ2v) is 8.63. The van der Waals surface area contributed by atoms with Crippen LogP contribution in [-0.4, -0.2) is 43.6 Å². The molecule has 3 aromatic rings. The maximum atomic E-state index is 13.4. The average molecular weight is 472 g/mol. The van der Waals surface area contributed by atoms with E-state index < -0.39 is 17.8 Å². The zero-order valence-electron chi connectivity index (χ0n) is 18.5. The van der Waals surface area contributed by atoms with E-state index in [-0.39, 0.29) is 35.5 Å². The van der Waals surface area contributed by atoms with Crippen molar-refractivity contribution in [3.63, 3.8) is 0 Å². The molecule has 2 aliphatic rings. The number of nitrogens with zero attached hydrogens (tertiary/aromatic N) is 4. The third-order valence-electron chi connectivity index (χ3n) is 6.48. The number of carbonyl (C=O) groups is 1. The summed E-state index contributed by atoms with van der Waals surface area (Å²) in [6.07, 6.45) is 0.109. The third-order valence-corrected chi connectivity index (χ3v) is 6.48. The first-order chi connectivity index (χ1) is 16.2. The van der Waals surface area contributed by atoms with E-state index >= 15 is 0 Å². The highest BCUT2D eigenvalue weighted by atomic mass is 19.4. The SMILES string of the molecule is Cc1cn(-c2ccc3n(c2=O)CCN([C@H]2CCC[C@@H]2Oc2ccccc2C(F)(F)F)C3=O)cn1. The second kappa shape index (κ2) is 8.34. The lowest BCUT2D eigenvalue weighted by Gasteiger charge is -2.37. The van der Waals surface area contributed by atoms with Crippen LogP contribution in [-0.2, 0) is 12.7 Å². The molecule has 1 aromatic carbocycles. The number of fused-ring (bicyclic) bond motifs is 1. The molecule has 0 unspecified atom stereocenters. The molecule has 10 heteroatoms. The minimum atomic E-state index is -4.53. The largest absolute Gasteiger partial charge is 0.488 e. The van der Waals surface area contributed by atoms with Gasteiger partial charge in [-0.2, -0.15) is 13.2 Å². The Morgan fingerprint density at radius 1 is 1.06 bits per heavy atom. The normalized spacial score (nSPS) is 20.5. The monoisotopic (exact) mass is 472 g/mol. The topological polar surface area (TPSA) is 69.4 Å². The maximum Gasteiger partial charge on any atom is 0.419 e. The van der Waals surface area contributed by atoms with Crippen LogP contribution in [0.2, 0.25) is 0 Å². The fourth-order valence-electron chi connectivity index (χ4n) is 4.86. The van der Waals surface area contributed by atoms with E-state index in [0.29, 0.717) is 25.1 Å². The van der Waals surface area contributed by atoms with Crippen LogP contribution in [0, 0.1) is 6.92 Å². The predicted molar refractivity (Wildman–Crippen MR) is 117 cm³/mol. The van der Waals surface area contributed by atoms with Crippen molar-refractivity contribution >= 4 is 5.91 Å². The van der Waals surface area contributed by atoms with Crippen molar-refractivity contribution < 1.29 is 22.7 Å². The summed E-state index contributed by atoms with van der Waals surface area (Å²) in [4.78, 5) is 32.2. The smallest absolute Gasteiger partial charge is 0.419 e. The standard InChI is InChI=1S/C24H23F3N4O3/c1-15-13-29(14-28-15)18-9-10-19-23(33)30(11-12-31(19)22(18)32)17-6-4-8-21(17)34-20-7-3-2-5-16(20)24(25,26)27/h2-3,5,7,9-10,13-14,17,21H,4,6,8,11-12H2,1H3/t17-,21-/m0/s1. The average Bonchev–Trinajstić information content (AvgIpc) is 3.43. The van der Waals surface area contributed by atoms with Gasteiger partial charge < -0.3 is 18.8 Å². The van der Waals surface area contributed by atoms with Gasteiger partial charge in [0.15, 0.2) is 0 Å². The number of amides is 1. The minimum Gasteiger partial charge on any atom is -0.488 e. The summed E-state index contributed by atoms with van der Waals surface area (Å²) in [5.74, 6) is -0.547. The quantitative estimate of drug-likeness (QED) is 0.579. The summed E-state index contributed by atoms with van der Waals surface area (Å²) in [5, 5.41) is 0. The number of hydrogen-bond donors (Lipinski definition) is 0. The Morgan fingerprint density at radius 3 is 2.59 bits per heavy atom. The molecule has 2 atom stereocenters. The number of benzene rings is 1. The van der Waals surface area contributed by atoms with Crippen LogP contribution >= 0.6 is 0 Å². The zero-order chi connectivity index (χ0) is 24.0. The Hall–Kier alpha value is -3.56. The van der Waals surface area contributed by atoms with Gasteiger partial charge in [0.1, 0.15) is 23.2 Å². The molecule has 1 aliphatic heterocycles. The summed E-state index contributed by atoms with van der Waals surface area (Å²) < 4.78 is 49.2. The van der Waals surface area contributed by atoms with Crippen molar-refractivity contribution in [3.05, 3.63) is 76.2 Å². The lowest BCUT2D eigenvalue weighted by molar-refractivity contribution is -0.139. The Morgan fingerprint density at radius 2 is 1.85 bits per heavy atom. The molecule has 1 saturated carbocycles. The van der Waals surface area contributed by atoms with Gasteiger partial charge in [-0.15, -0.1) is 0 Å². The number of aryl methyl sites for hydroxylation is 1. The van der Waals surface area contributed by atoms with Crippen LogP contribution < -0.4 is 10.3 Å². The minimum absolute atomic E-state index is 0.228. The van der Waals surface area contributed by atoms with E-state index in [1.54, 1.807) is 34.1 Å². The number of ether oxygens (including phenoxy) is 1. The van der Waals surface area contributed by atoms with Crippen LogP contribution in [0.3, 0.4) is 0 Å². The van der Waals surface area contributed by atoms with Crippen LogP contribution in [0.5, 0.6) is 5.75 Å². The van der Waals surface area contributed by atoms with Gasteiger partial charge >= 0.3 is 6.18 Å². The molecule has 7 nitrogen and oxygen atoms in total. The second-order valence-electron chi connectivity index (χ2n) is 8.63. The Kier molecular flexibility index (Phi) is 5.45. The molecule has 0 radical (unpaired) electrons. The van der Waals surface area contributed by atoms with Crippen LogP contribution in [0.1, 0.15) is 41.0 Å². The molecule has 5 rings (SSSR count). The van der Waals surface area contributed by atoms with Gasteiger partial charge in [0.2, 0.25) is 0 Å². The zero-order valence-corrected chi connectivity index (χ0v) is 18.5. The number of halogens is 3. The third kappa shape index (κ3) is 3.86. The van der Waals surface area contributed by atoms with E-state index in [1.807, 2.05) is 6.92 Å². The lowest BCUT2D eigenvalue weighted by atomic mass is 10.1. The van der Waals surface area contributed by atoms with Gasteiger partial charge in [-0.3, -0.25) is 9.59 Å². The first kappa shape index (κ1) is 22.2. The van der Waals surface area contributed by atoms with Crippen molar-refractivity contribution in [1.29, 1.82) is 0 Å². The maximum absolute atomic E-state index is 13.4. The molecule has 1 fully saturated rings. The molecule has 0 bridgehead atoms. The molecule has 0 spiro atoms. The summed E-state index contributed by atoms with van der Waals surface area (Å²) in [6.45, 7) is 2.40. The predicted octanol–water partition coefficient (Wildman–Crippen LogP) is 3.82. The summed E-state index contributed by atoms with van der Waals surface area (Å²) in [6, 6.07) is 7.97. The van der Waals surface area contributed by atoms with Gasteiger partial charge in [-0.05, 0) is 50.5 Å². The summed E-state index contributed by atoms with van der Waals surface area (Å²) >= 11 is 0. The van der Waals surface area contributed by atoms with Crippen molar-refractivity contribution in [2.45, 2.75) is 51.1 Å². The first-order valence-electron chi connectivity index (χ1n) is 11.1. The molecule has 3 heterocycles. The van der Waals surface area contributed by atoms with E-state index in [4.69, 9.17) is 4.74 Å². The molecular formula is C24H23F3N4O3. The first-order valence-corrected chi connectivity index (χ1v) is 11.1. The fourth-order valence-corrected chi connectivity index (χ4v) is 4.86. The number of hydrogen-bond acceptors (Lipinski definition) is 4. The van der Waals surface area contributed by atoms with E-state index in [9.17, 15) is 22.8 Å². The van der Waals surface area contributed by atoms with E-state index in [1.165, 1.54) is 22.8 Å². The Balaban J connectivity index is 1.40. The molecule has 1 aliphatic carbocycles. The van der Waals surface area contributed by atoms with E-state index in [2.05, 4.69) is 4.98 Å². The van der Waals surface area contributed by atoms with Crippen LogP contribution in [0.25, 0.3) is 5.69 Å². The highest BCUT2D eigenvalue weighted by molar-refractivity contribution is 5.93. The van der Waals surface area contributed by atoms with Gasteiger partial charge in [0.25, 0.3) is 11.5 Å². The number of rotatable bonds is 4. The highest BCUT2D eigenvalue weighted by Crippen LogP contribution is 2.38. The summed E-state index contributed by atoms with van der Waals surface area (Å²) in [7, 11) is 0. The van der Waals surface area contributed by atoms with Crippen molar-refractivity contribution in [3.8, 4) is 11.4 Å². The number of aromatic nitrogens is 3. The highest BCUT2D eigenvalue weighted by Gasteiger charge is 2.41. The van der Waals surface area contributed by atoms with Crippen LogP contribution in [0.15, 0.2) is 53.7 Å². The number of imidazole rings is 1. The molecule has 1 amide bonds. The number of alkyl halides is 3. The lowest BCUT2D eigenvalue weighted by Crippen LogP contribution is -2.52. The number of pyridine rings is 1. The van der Waals surface area contributed by atoms with Gasteiger partial charge in [-0.25, -0.2) is 4.98 Å². The molecular weight excluding hydrogens is 449 g/mol. The molecule has 178 valence electrons. The van der Waals surface area contributed by atoms with Crippen molar-refractivity contribution in [1.82, 2.24) is 19.0 Å². The van der Waals surface area contributed by atoms with Gasteiger partial charge in [-0.1, -0.05) is 12.1 Å². The van der Waals surface area contributed by atoms with Gasteiger partial charge in [0.05, 0.1) is 23.6 Å². The Bertz CT molecular complexity index is 1300. The number of para-hydroxylation sites is 1. The fraction of sp³-hybridized carbons (Fsp3) is 0.375. The van der Waals surface area contributed by atoms with Gasteiger partial charge in [0, 0.05) is 19.3 Å². The molecule has 0 saturated heterocycles. The van der Waals surface area contributed by atoms with E-state index in [0.717, 1.165) is 18.2 Å². The molecule has 0 N–H and O–H groups in total. The Labute approximate surface area is 193 Å². The molecule has 2 aromatic heterocycles. The van der Waals surface area contributed by atoms with Crippen molar-refractivity contribution in [2.75, 3.05) is 6.54 Å². The van der Waals surface area contributed by atoms with Crippen LogP contribution in [0.4, 0.5) is 13.2 Å². The summed E-state index contributed by atoms with van der Waals surface area (Å²) in [5.41, 5.74) is 0.310. The van der Waals surface area contributed by atoms with Crippen molar-refractivity contribution in [2.24, 2.45) is 0 Å². The number of carbonyl (C=O) groups excluding carboxylic acids is 1. The molecule has 34 heavy (non-hydrogen) atoms.